The molecular formula is C51H77NO13P+. The fraction of sp³-hybridized carbons (Fsp3) is 0.745. The molecule has 368 valence electrons. The number of nitrogens with zero attached hydrogens (tertiary/aromatic N) is 1. The van der Waals surface area contributed by atoms with Gasteiger partial charge in [0, 0.05) is 64.4 Å². The molecular weight excluding hydrogens is 866 g/mol. The average Bonchev–Trinajstić information content (AvgIpc) is 3.29. The summed E-state index contributed by atoms with van der Waals surface area (Å²) < 4.78 is 42.4. The van der Waals surface area contributed by atoms with E-state index in [0.717, 1.165) is 12.0 Å². The van der Waals surface area contributed by atoms with E-state index in [1.165, 1.54) is 12.0 Å². The number of carbonyl (C=O) groups excluding carboxylic acids is 5. The molecule has 17 atom stereocenters. The third-order valence-electron chi connectivity index (χ3n) is 15.4. The summed E-state index contributed by atoms with van der Waals surface area (Å²) in [6.07, 6.45) is 11.9. The van der Waals surface area contributed by atoms with Gasteiger partial charge in [-0.1, -0.05) is 68.7 Å². The second-order valence-electron chi connectivity index (χ2n) is 20.1. The molecule has 4 bridgehead atoms. The number of ketones is 3. The minimum absolute atomic E-state index is 0.0209. The van der Waals surface area contributed by atoms with Crippen LogP contribution in [0.3, 0.4) is 0 Å². The Labute approximate surface area is 393 Å². The van der Waals surface area contributed by atoms with Gasteiger partial charge in [-0.15, -0.1) is 0 Å². The Kier molecular flexibility index (Phi) is 19.4. The Hall–Kier alpha value is -3.23. The topological polar surface area (TPSA) is 192 Å². The zero-order valence-electron chi connectivity index (χ0n) is 40.9. The number of rotatable bonds is 6. The summed E-state index contributed by atoms with van der Waals surface area (Å²) in [5.74, 6) is -8.42. The van der Waals surface area contributed by atoms with Gasteiger partial charge in [-0.05, 0) is 101 Å². The van der Waals surface area contributed by atoms with E-state index in [1.807, 2.05) is 51.2 Å². The number of aliphatic hydroxyl groups is 2. The Morgan fingerprint density at radius 3 is 2.27 bits per heavy atom. The lowest BCUT2D eigenvalue weighted by atomic mass is 9.68. The number of amides is 1. The standard InChI is InChI=1S/C51H77NO13P/c1-29-15-12-11-13-16-30(2)40(61-7)27-36-20-18-34(6)51(59,65-36)48(56)49(57)52-22-14-17-37-38(25-35-19-21-43(66(10)60)42(26-35)62-8)41(64-50(58)44(37)52)28-39(53)31(3)24-33(5)46(55)47(63-9)45(54)32(4)23-29/h11-13,15-16,24,29,31-32,34-38,40-44,46-47,55,59H,14,17-23,25-28H2,1-10H3/q+1/b13-11+,15-12+,30-16+,33-24+/t29?,31-,32?,34?,35?,36+,37-,38?,40+,41+,42?,43?,44?,46?,47+,51?/m1/s1. The van der Waals surface area contributed by atoms with Crippen LogP contribution in [-0.4, -0.2) is 133 Å². The maximum Gasteiger partial charge on any atom is 0.341 e. The normalized spacial score (nSPS) is 42.4. The number of piperidine rings is 1. The number of allylic oxidation sites excluding steroid dienone is 6. The molecule has 4 fully saturated rings. The minimum atomic E-state index is -2.44. The van der Waals surface area contributed by atoms with E-state index in [-0.39, 0.29) is 54.0 Å². The summed E-state index contributed by atoms with van der Waals surface area (Å²) in [5, 5.41) is 23.5. The van der Waals surface area contributed by atoms with Gasteiger partial charge in [-0.2, -0.15) is 0 Å². The molecule has 1 amide bonds. The van der Waals surface area contributed by atoms with E-state index in [0.29, 0.717) is 63.4 Å². The summed E-state index contributed by atoms with van der Waals surface area (Å²) in [6, 6.07) is -1.13. The molecule has 66 heavy (non-hydrogen) atoms. The van der Waals surface area contributed by atoms with Crippen LogP contribution in [0.2, 0.25) is 0 Å². The molecule has 1 aliphatic carbocycles. The highest BCUT2D eigenvalue weighted by Crippen LogP contribution is 2.47. The predicted octanol–water partition coefficient (Wildman–Crippen LogP) is 6.87. The molecule has 4 aliphatic heterocycles. The molecule has 1 saturated carbocycles. The Bertz CT molecular complexity index is 1890. The van der Waals surface area contributed by atoms with Gasteiger partial charge < -0.3 is 38.8 Å². The van der Waals surface area contributed by atoms with Gasteiger partial charge in [0.2, 0.25) is 5.79 Å². The zero-order chi connectivity index (χ0) is 48.6. The first-order valence-electron chi connectivity index (χ1n) is 24.1. The number of fused-ring (bicyclic) bond motifs is 4. The van der Waals surface area contributed by atoms with Gasteiger partial charge in [0.25, 0.3) is 11.7 Å². The first-order valence-corrected chi connectivity index (χ1v) is 25.9. The third-order valence-corrected chi connectivity index (χ3v) is 16.9. The summed E-state index contributed by atoms with van der Waals surface area (Å²) in [6.45, 7) is 12.6. The lowest BCUT2D eigenvalue weighted by Gasteiger charge is -2.50. The highest BCUT2D eigenvalue weighted by atomic mass is 31.1. The van der Waals surface area contributed by atoms with E-state index >= 15 is 0 Å². The molecule has 11 unspecified atom stereocenters. The molecule has 14 nitrogen and oxygen atoms in total. The summed E-state index contributed by atoms with van der Waals surface area (Å²) in [7, 11) is 3.10. The van der Waals surface area contributed by atoms with Crippen LogP contribution < -0.4 is 0 Å². The van der Waals surface area contributed by atoms with Crippen molar-refractivity contribution in [1.82, 2.24) is 4.90 Å². The predicted molar refractivity (Wildman–Crippen MR) is 250 cm³/mol. The van der Waals surface area contributed by atoms with Crippen LogP contribution in [0.5, 0.6) is 0 Å². The van der Waals surface area contributed by atoms with Crippen molar-refractivity contribution in [3.05, 3.63) is 47.6 Å². The maximum absolute atomic E-state index is 14.5. The highest BCUT2D eigenvalue weighted by Gasteiger charge is 2.57. The van der Waals surface area contributed by atoms with E-state index in [2.05, 4.69) is 0 Å². The second kappa shape index (κ2) is 23.9. The maximum atomic E-state index is 14.5. The van der Waals surface area contributed by atoms with Crippen LogP contribution in [0.25, 0.3) is 0 Å². The van der Waals surface area contributed by atoms with Crippen molar-refractivity contribution in [1.29, 1.82) is 0 Å². The lowest BCUT2D eigenvalue weighted by Crippen LogP contribution is -2.65. The fourth-order valence-electron chi connectivity index (χ4n) is 11.3. The fourth-order valence-corrected chi connectivity index (χ4v) is 12.6. The van der Waals surface area contributed by atoms with Gasteiger partial charge in [-0.3, -0.25) is 19.2 Å². The quantitative estimate of drug-likeness (QED) is 0.122. The van der Waals surface area contributed by atoms with Crippen molar-refractivity contribution in [3.63, 3.8) is 0 Å². The van der Waals surface area contributed by atoms with Crippen molar-refractivity contribution in [2.24, 2.45) is 41.4 Å². The second-order valence-corrected chi connectivity index (χ2v) is 21.8. The Morgan fingerprint density at radius 1 is 0.879 bits per heavy atom. The summed E-state index contributed by atoms with van der Waals surface area (Å²) in [4.78, 5) is 72.4. The minimum Gasteiger partial charge on any atom is -0.460 e. The Morgan fingerprint density at radius 2 is 1.61 bits per heavy atom. The molecule has 5 rings (SSSR count). The van der Waals surface area contributed by atoms with Crippen LogP contribution in [0.1, 0.15) is 112 Å². The number of ether oxygens (including phenoxy) is 5. The number of hydrogen-bond acceptors (Lipinski definition) is 13. The summed E-state index contributed by atoms with van der Waals surface area (Å²) in [5.41, 5.74) is 1.19. The van der Waals surface area contributed by atoms with Crippen molar-refractivity contribution < 1.29 is 62.4 Å². The van der Waals surface area contributed by atoms with Crippen molar-refractivity contribution in [2.45, 2.75) is 166 Å². The molecule has 15 heteroatoms. The van der Waals surface area contributed by atoms with Crippen molar-refractivity contribution in [2.75, 3.05) is 34.5 Å². The molecule has 4 heterocycles. The van der Waals surface area contributed by atoms with Gasteiger partial charge in [0.05, 0.1) is 12.2 Å². The van der Waals surface area contributed by atoms with E-state index in [9.17, 15) is 38.8 Å². The van der Waals surface area contributed by atoms with Gasteiger partial charge >= 0.3 is 13.8 Å². The highest BCUT2D eigenvalue weighted by molar-refractivity contribution is 7.44. The Balaban J connectivity index is 1.51. The van der Waals surface area contributed by atoms with Crippen LogP contribution in [-0.2, 0) is 52.2 Å². The van der Waals surface area contributed by atoms with E-state index in [1.54, 1.807) is 47.7 Å². The molecule has 3 saturated heterocycles. The number of hydrogen-bond donors (Lipinski definition) is 2. The smallest absolute Gasteiger partial charge is 0.341 e. The molecule has 0 aromatic carbocycles. The van der Waals surface area contributed by atoms with Gasteiger partial charge in [0.15, 0.2) is 11.4 Å². The number of esters is 1. The van der Waals surface area contributed by atoms with Crippen LogP contribution in [0.15, 0.2) is 47.6 Å². The van der Waals surface area contributed by atoms with Crippen LogP contribution in [0, 0.1) is 41.4 Å². The molecule has 5 aliphatic rings. The van der Waals surface area contributed by atoms with Gasteiger partial charge in [-0.25, -0.2) is 4.79 Å². The number of aliphatic hydroxyl groups excluding tert-OH is 1. The first-order chi connectivity index (χ1) is 31.2. The van der Waals surface area contributed by atoms with Crippen molar-refractivity contribution >= 4 is 37.0 Å². The number of methoxy groups -OCH3 is 3. The number of Topliss-reactive ketones (excluding diaryl/α,β-unsaturated/α-hetero) is 3. The molecule has 0 spiro atoms. The SMILES string of the molecule is COC1CC(CC2[C@H]3CCCN4C(=O)C(=O)C5(O)O[C@@H](CCC5C)C[C@H](OC)/C(C)=C/C=C/C=C/C(C)CC(C)C(=O)[C@H](OC)C(O)/C(C)=C/[C@@H](C)C(=O)C[C@@H]2OC(=O)C34)CCC1[P+](C)=O. The molecule has 0 aromatic rings. The molecule has 0 aromatic heterocycles. The zero-order valence-corrected chi connectivity index (χ0v) is 41.8. The van der Waals surface area contributed by atoms with Gasteiger partial charge in [0.1, 0.15) is 42.9 Å². The molecule has 0 radical (unpaired) electrons. The third kappa shape index (κ3) is 12.5. The average molecular weight is 943 g/mol. The summed E-state index contributed by atoms with van der Waals surface area (Å²) >= 11 is 0. The van der Waals surface area contributed by atoms with E-state index in [4.69, 9.17) is 23.7 Å². The first kappa shape index (κ1) is 53.7. The largest absolute Gasteiger partial charge is 0.460 e. The number of carbonyl (C=O) groups is 5. The monoisotopic (exact) mass is 943 g/mol. The van der Waals surface area contributed by atoms with E-state index < -0.39 is 91.5 Å². The molecule has 2 N–H and O–H groups in total. The lowest BCUT2D eigenvalue weighted by molar-refractivity contribution is -0.266. The van der Waals surface area contributed by atoms with Crippen LogP contribution >= 0.6 is 7.80 Å². The van der Waals surface area contributed by atoms with Crippen molar-refractivity contribution in [3.8, 4) is 0 Å². The van der Waals surface area contributed by atoms with Crippen LogP contribution in [0.4, 0.5) is 0 Å².